The molecule has 1 fully saturated rings. The molecule has 5 rings (SSSR count). The molecule has 7 nitrogen and oxygen atoms in total. The summed E-state index contributed by atoms with van der Waals surface area (Å²) in [6, 6.07) is 15.4. The maximum atomic E-state index is 13.2. The highest BCUT2D eigenvalue weighted by molar-refractivity contribution is 6.06. The Bertz CT molecular complexity index is 1220. The van der Waals surface area contributed by atoms with Crippen LogP contribution in [-0.2, 0) is 33.7 Å². The van der Waals surface area contributed by atoms with Crippen LogP contribution in [0.3, 0.4) is 0 Å². The van der Waals surface area contributed by atoms with Crippen LogP contribution >= 0.6 is 0 Å². The van der Waals surface area contributed by atoms with Gasteiger partial charge in [-0.2, -0.15) is 0 Å². The number of para-hydroxylation sites is 1. The van der Waals surface area contributed by atoms with Crippen molar-refractivity contribution in [1.29, 1.82) is 0 Å². The van der Waals surface area contributed by atoms with Crippen molar-refractivity contribution in [1.82, 2.24) is 9.88 Å². The van der Waals surface area contributed by atoms with Gasteiger partial charge in [-0.3, -0.25) is 14.7 Å². The maximum absolute atomic E-state index is 13.2. The number of anilines is 1. The molecule has 2 aliphatic rings. The minimum Gasteiger partial charge on any atom is -0.452 e. The number of fused-ring (bicyclic) bond motifs is 2. The fourth-order valence-corrected chi connectivity index (χ4v) is 4.91. The van der Waals surface area contributed by atoms with Gasteiger partial charge in [-0.1, -0.05) is 37.3 Å². The summed E-state index contributed by atoms with van der Waals surface area (Å²) >= 11 is 0. The van der Waals surface area contributed by atoms with Gasteiger partial charge in [0, 0.05) is 36.4 Å². The van der Waals surface area contributed by atoms with Gasteiger partial charge in [-0.25, -0.2) is 4.79 Å². The topological polar surface area (TPSA) is 80.8 Å². The van der Waals surface area contributed by atoms with Gasteiger partial charge < -0.3 is 14.8 Å². The first-order valence-corrected chi connectivity index (χ1v) is 12.3. The quantitative estimate of drug-likeness (QED) is 0.546. The van der Waals surface area contributed by atoms with E-state index in [1.807, 2.05) is 48.5 Å². The Kier molecular flexibility index (Phi) is 7.06. The number of pyridine rings is 1. The van der Waals surface area contributed by atoms with Crippen molar-refractivity contribution < 1.29 is 19.1 Å². The third-order valence-corrected chi connectivity index (χ3v) is 6.79. The summed E-state index contributed by atoms with van der Waals surface area (Å²) in [4.78, 5) is 32.9. The van der Waals surface area contributed by atoms with Crippen LogP contribution in [0.5, 0.6) is 0 Å². The first-order chi connectivity index (χ1) is 17.1. The molecule has 1 atom stereocenters. The zero-order valence-corrected chi connectivity index (χ0v) is 20.1. The number of ether oxygens (including phenoxy) is 2. The number of carbonyl (C=O) groups excluding carboxylic acids is 2. The van der Waals surface area contributed by atoms with E-state index >= 15 is 0 Å². The first kappa shape index (κ1) is 23.5. The van der Waals surface area contributed by atoms with Gasteiger partial charge in [-0.15, -0.1) is 0 Å². The Labute approximate surface area is 205 Å². The molecule has 35 heavy (non-hydrogen) atoms. The van der Waals surface area contributed by atoms with Crippen molar-refractivity contribution >= 4 is 28.5 Å². The Morgan fingerprint density at radius 2 is 1.89 bits per heavy atom. The molecule has 7 heteroatoms. The van der Waals surface area contributed by atoms with E-state index in [2.05, 4.69) is 17.1 Å². The van der Waals surface area contributed by atoms with Crippen LogP contribution in [0.1, 0.15) is 40.5 Å². The lowest BCUT2D eigenvalue weighted by Gasteiger charge is -2.26. The molecule has 1 aliphatic heterocycles. The second-order valence-electron chi connectivity index (χ2n) is 9.49. The highest BCUT2D eigenvalue weighted by Crippen LogP contribution is 2.32. The third-order valence-electron chi connectivity index (χ3n) is 6.79. The number of nitrogens with one attached hydrogen (secondary N) is 1. The van der Waals surface area contributed by atoms with Crippen LogP contribution in [0.4, 0.5) is 5.69 Å². The van der Waals surface area contributed by atoms with Crippen molar-refractivity contribution in [3.63, 3.8) is 0 Å². The van der Waals surface area contributed by atoms with Crippen molar-refractivity contribution in [2.45, 2.75) is 32.7 Å². The van der Waals surface area contributed by atoms with E-state index in [0.29, 0.717) is 17.2 Å². The standard InChI is InChI=1S/C28H31N3O4/c1-19-6-11-25-23(16-19)27(22-4-2-3-5-24(22)30-25)28(33)35-18-26(32)29-21-9-7-20(8-10-21)17-31-12-14-34-15-13-31/h2-5,7-10,19H,6,11-18H2,1H3,(H,29,32). The molecule has 0 spiro atoms. The first-order valence-electron chi connectivity index (χ1n) is 12.3. The molecule has 1 amide bonds. The second kappa shape index (κ2) is 10.5. The van der Waals surface area contributed by atoms with E-state index in [9.17, 15) is 9.59 Å². The van der Waals surface area contributed by atoms with Gasteiger partial charge in [0.25, 0.3) is 5.91 Å². The van der Waals surface area contributed by atoms with Crippen LogP contribution in [-0.4, -0.2) is 54.7 Å². The van der Waals surface area contributed by atoms with Gasteiger partial charge >= 0.3 is 5.97 Å². The van der Waals surface area contributed by atoms with Crippen LogP contribution in [0.2, 0.25) is 0 Å². The summed E-state index contributed by atoms with van der Waals surface area (Å²) < 4.78 is 10.9. The van der Waals surface area contributed by atoms with Crippen LogP contribution in [0, 0.1) is 5.92 Å². The van der Waals surface area contributed by atoms with Crippen LogP contribution in [0.15, 0.2) is 48.5 Å². The summed E-state index contributed by atoms with van der Waals surface area (Å²) in [5.74, 6) is -0.351. The molecule has 1 unspecified atom stereocenters. The molecule has 0 radical (unpaired) electrons. The van der Waals surface area contributed by atoms with Gasteiger partial charge in [0.05, 0.1) is 24.3 Å². The third kappa shape index (κ3) is 5.52. The lowest BCUT2D eigenvalue weighted by molar-refractivity contribution is -0.119. The van der Waals surface area contributed by atoms with Crippen molar-refractivity contribution in [2.75, 3.05) is 38.2 Å². The van der Waals surface area contributed by atoms with E-state index in [4.69, 9.17) is 14.5 Å². The van der Waals surface area contributed by atoms with E-state index in [0.717, 1.165) is 74.3 Å². The lowest BCUT2D eigenvalue weighted by Crippen LogP contribution is -2.35. The van der Waals surface area contributed by atoms with E-state index in [-0.39, 0.29) is 12.5 Å². The molecule has 1 aliphatic carbocycles. The number of benzene rings is 2. The van der Waals surface area contributed by atoms with Crippen molar-refractivity contribution in [2.24, 2.45) is 5.92 Å². The summed E-state index contributed by atoms with van der Waals surface area (Å²) in [6.45, 7) is 6.10. The van der Waals surface area contributed by atoms with Gasteiger partial charge in [-0.05, 0) is 54.5 Å². The molecule has 182 valence electrons. The Morgan fingerprint density at radius 1 is 1.11 bits per heavy atom. The van der Waals surface area contributed by atoms with Crippen LogP contribution < -0.4 is 5.32 Å². The largest absolute Gasteiger partial charge is 0.452 e. The number of aryl methyl sites for hydroxylation is 1. The second-order valence-corrected chi connectivity index (χ2v) is 9.49. The summed E-state index contributed by atoms with van der Waals surface area (Å²) in [6.07, 6.45) is 2.70. The smallest absolute Gasteiger partial charge is 0.339 e. The normalized spacial score (nSPS) is 18.1. The molecule has 1 N–H and O–H groups in total. The molecule has 2 aromatic carbocycles. The van der Waals surface area contributed by atoms with Crippen molar-refractivity contribution in [3.8, 4) is 0 Å². The summed E-state index contributed by atoms with van der Waals surface area (Å²) in [5, 5.41) is 3.60. The Hall–Kier alpha value is -3.29. The molecule has 3 aromatic rings. The number of carbonyl (C=O) groups is 2. The Morgan fingerprint density at radius 3 is 2.69 bits per heavy atom. The summed E-state index contributed by atoms with van der Waals surface area (Å²) in [5.41, 5.74) is 5.13. The number of esters is 1. The van der Waals surface area contributed by atoms with Crippen molar-refractivity contribution in [3.05, 3.63) is 70.9 Å². The number of nitrogens with zero attached hydrogens (tertiary/aromatic N) is 2. The Balaban J connectivity index is 1.23. The van der Waals surface area contributed by atoms with E-state index in [1.165, 1.54) is 5.56 Å². The number of hydrogen-bond acceptors (Lipinski definition) is 6. The molecular weight excluding hydrogens is 442 g/mol. The number of amides is 1. The lowest BCUT2D eigenvalue weighted by atomic mass is 9.84. The average Bonchev–Trinajstić information content (AvgIpc) is 2.88. The average molecular weight is 474 g/mol. The fraction of sp³-hybridized carbons (Fsp3) is 0.393. The molecule has 0 saturated carbocycles. The molecule has 1 saturated heterocycles. The zero-order valence-electron chi connectivity index (χ0n) is 20.1. The SMILES string of the molecule is CC1CCc2nc3ccccc3c(C(=O)OCC(=O)Nc3ccc(CN4CCOCC4)cc3)c2C1. The fourth-order valence-electron chi connectivity index (χ4n) is 4.91. The van der Waals surface area contributed by atoms with Gasteiger partial charge in [0.15, 0.2) is 6.61 Å². The monoisotopic (exact) mass is 473 g/mol. The highest BCUT2D eigenvalue weighted by atomic mass is 16.5. The predicted molar refractivity (Wildman–Crippen MR) is 134 cm³/mol. The summed E-state index contributed by atoms with van der Waals surface area (Å²) in [7, 11) is 0. The van der Waals surface area contributed by atoms with E-state index in [1.54, 1.807) is 0 Å². The van der Waals surface area contributed by atoms with Gasteiger partial charge in [0.1, 0.15) is 0 Å². The number of aromatic nitrogens is 1. The van der Waals surface area contributed by atoms with E-state index < -0.39 is 5.97 Å². The number of rotatable bonds is 6. The highest BCUT2D eigenvalue weighted by Gasteiger charge is 2.26. The molecule has 0 bridgehead atoms. The maximum Gasteiger partial charge on any atom is 0.339 e. The molecule has 1 aromatic heterocycles. The predicted octanol–water partition coefficient (Wildman–Crippen LogP) is 3.99. The molecule has 2 heterocycles. The van der Waals surface area contributed by atoms with Gasteiger partial charge in [0.2, 0.25) is 0 Å². The number of hydrogen-bond donors (Lipinski definition) is 1. The number of morpholine rings is 1. The minimum absolute atomic E-state index is 0.338. The molecular formula is C28H31N3O4. The minimum atomic E-state index is -0.468. The zero-order chi connectivity index (χ0) is 24.2. The van der Waals surface area contributed by atoms with Crippen LogP contribution in [0.25, 0.3) is 10.9 Å².